The molecule has 2 aromatic carbocycles. The zero-order valence-electron chi connectivity index (χ0n) is 13.1. The molecule has 0 amide bonds. The molecule has 9 heteroatoms. The number of nitrogens with zero attached hydrogens (tertiary/aromatic N) is 1. The lowest BCUT2D eigenvalue weighted by molar-refractivity contribution is -0.384. The van der Waals surface area contributed by atoms with E-state index in [4.69, 9.17) is 4.74 Å². The van der Waals surface area contributed by atoms with Crippen molar-refractivity contribution in [3.8, 4) is 5.75 Å². The molecule has 132 valence electrons. The van der Waals surface area contributed by atoms with Crippen LogP contribution < -0.4 is 10.1 Å². The van der Waals surface area contributed by atoms with Crippen molar-refractivity contribution >= 4 is 17.3 Å². The van der Waals surface area contributed by atoms with Crippen LogP contribution in [0.5, 0.6) is 5.75 Å². The third-order valence-electron chi connectivity index (χ3n) is 3.25. The fourth-order valence-corrected chi connectivity index (χ4v) is 2.08. The Bertz CT molecular complexity index is 783. The van der Waals surface area contributed by atoms with Gasteiger partial charge in [-0.25, -0.2) is 4.79 Å². The molecule has 0 aliphatic heterocycles. The summed E-state index contributed by atoms with van der Waals surface area (Å²) in [5.74, 6) is -0.931. The molecule has 0 saturated carbocycles. The van der Waals surface area contributed by atoms with Crippen molar-refractivity contribution in [3.05, 3.63) is 63.7 Å². The van der Waals surface area contributed by atoms with Crippen LogP contribution in [0.1, 0.15) is 15.9 Å². The van der Waals surface area contributed by atoms with E-state index in [2.05, 4.69) is 10.1 Å². The Morgan fingerprint density at radius 2 is 2.00 bits per heavy atom. The molecule has 2 rings (SSSR count). The first-order valence-corrected chi connectivity index (χ1v) is 7.08. The minimum atomic E-state index is -3.01. The lowest BCUT2D eigenvalue weighted by Gasteiger charge is -2.11. The Balaban J connectivity index is 2.13. The zero-order valence-corrected chi connectivity index (χ0v) is 13.1. The van der Waals surface area contributed by atoms with E-state index in [1.807, 2.05) is 0 Å². The number of benzene rings is 2. The predicted molar refractivity (Wildman–Crippen MR) is 84.8 cm³/mol. The number of carbonyl (C=O) groups is 1. The highest BCUT2D eigenvalue weighted by molar-refractivity contribution is 5.91. The number of carbonyl (C=O) groups excluding carboxylic acids is 1. The van der Waals surface area contributed by atoms with Crippen molar-refractivity contribution in [1.82, 2.24) is 0 Å². The summed E-state index contributed by atoms with van der Waals surface area (Å²) in [6.07, 6.45) is 0. The van der Waals surface area contributed by atoms with Crippen LogP contribution in [-0.4, -0.2) is 24.6 Å². The average molecular weight is 352 g/mol. The highest BCUT2D eigenvalue weighted by Crippen LogP contribution is 2.26. The Hall–Kier alpha value is -3.23. The number of esters is 1. The number of nitro benzene ring substituents is 1. The SMILES string of the molecule is CNc1ccc(C(=O)OCc2ccccc2OC(F)F)cc1[N+](=O)[O-]. The highest BCUT2D eigenvalue weighted by Gasteiger charge is 2.18. The molecule has 0 radical (unpaired) electrons. The molecular formula is C16H14F2N2O5. The van der Waals surface area contributed by atoms with Crippen LogP contribution in [0, 0.1) is 10.1 Å². The number of nitro groups is 1. The summed E-state index contributed by atoms with van der Waals surface area (Å²) in [5, 5.41) is 13.7. The van der Waals surface area contributed by atoms with Gasteiger partial charge in [-0.15, -0.1) is 0 Å². The van der Waals surface area contributed by atoms with Crippen LogP contribution in [-0.2, 0) is 11.3 Å². The normalized spacial score (nSPS) is 10.4. The van der Waals surface area contributed by atoms with Gasteiger partial charge in [-0.3, -0.25) is 10.1 Å². The maximum absolute atomic E-state index is 12.4. The smallest absolute Gasteiger partial charge is 0.387 e. The van der Waals surface area contributed by atoms with Crippen molar-refractivity contribution in [3.63, 3.8) is 0 Å². The summed E-state index contributed by atoms with van der Waals surface area (Å²) in [7, 11) is 1.51. The second-order valence-electron chi connectivity index (χ2n) is 4.80. The van der Waals surface area contributed by atoms with Crippen molar-refractivity contribution in [2.24, 2.45) is 0 Å². The molecule has 0 unspecified atom stereocenters. The Kier molecular flexibility index (Phi) is 5.83. The van der Waals surface area contributed by atoms with E-state index >= 15 is 0 Å². The minimum absolute atomic E-state index is 0.0297. The van der Waals surface area contributed by atoms with Gasteiger partial charge in [0.2, 0.25) is 0 Å². The van der Waals surface area contributed by atoms with Gasteiger partial charge in [0.1, 0.15) is 18.0 Å². The molecule has 0 aliphatic rings. The van der Waals surface area contributed by atoms with Gasteiger partial charge < -0.3 is 14.8 Å². The number of alkyl halides is 2. The van der Waals surface area contributed by atoms with Gasteiger partial charge >= 0.3 is 12.6 Å². The standard InChI is InChI=1S/C16H14F2N2O5/c1-19-12-7-6-10(8-13(12)20(22)23)15(21)24-9-11-4-2-3-5-14(11)25-16(17)18/h2-8,16,19H,9H2,1H3. The number of halogens is 2. The molecule has 7 nitrogen and oxygen atoms in total. The van der Waals surface area contributed by atoms with Crippen molar-refractivity contribution < 1.29 is 28.0 Å². The van der Waals surface area contributed by atoms with Gasteiger partial charge in [-0.2, -0.15) is 8.78 Å². The van der Waals surface area contributed by atoms with Crippen LogP contribution in [0.3, 0.4) is 0 Å². The second kappa shape index (κ2) is 8.04. The van der Waals surface area contributed by atoms with E-state index < -0.39 is 17.5 Å². The van der Waals surface area contributed by atoms with Crippen molar-refractivity contribution in [1.29, 1.82) is 0 Å². The molecular weight excluding hydrogens is 338 g/mol. The minimum Gasteiger partial charge on any atom is -0.457 e. The van der Waals surface area contributed by atoms with Gasteiger partial charge in [0.25, 0.3) is 5.69 Å². The monoisotopic (exact) mass is 352 g/mol. The summed E-state index contributed by atoms with van der Waals surface area (Å²) in [5.41, 5.74) is 0.186. The van der Waals surface area contributed by atoms with Crippen LogP contribution in [0.15, 0.2) is 42.5 Å². The lowest BCUT2D eigenvalue weighted by atomic mass is 10.1. The number of hydrogen-bond acceptors (Lipinski definition) is 6. The molecule has 0 bridgehead atoms. The number of hydrogen-bond donors (Lipinski definition) is 1. The molecule has 0 spiro atoms. The lowest BCUT2D eigenvalue weighted by Crippen LogP contribution is -2.09. The van der Waals surface area contributed by atoms with Gasteiger partial charge in [-0.05, 0) is 18.2 Å². The van der Waals surface area contributed by atoms with Gasteiger partial charge in [0.05, 0.1) is 10.5 Å². The first kappa shape index (κ1) is 18.1. The molecule has 0 atom stereocenters. The summed E-state index contributed by atoms with van der Waals surface area (Å²) in [4.78, 5) is 22.4. The van der Waals surface area contributed by atoms with Crippen LogP contribution in [0.4, 0.5) is 20.2 Å². The molecule has 0 aliphatic carbocycles. The molecule has 0 saturated heterocycles. The summed E-state index contributed by atoms with van der Waals surface area (Å²) < 4.78 is 34.1. The van der Waals surface area contributed by atoms with Crippen molar-refractivity contribution in [2.75, 3.05) is 12.4 Å². The number of ether oxygens (including phenoxy) is 2. The first-order valence-electron chi connectivity index (χ1n) is 7.08. The van der Waals surface area contributed by atoms with Crippen LogP contribution in [0.2, 0.25) is 0 Å². The van der Waals surface area contributed by atoms with Crippen LogP contribution in [0.25, 0.3) is 0 Å². The number of rotatable bonds is 7. The molecule has 0 fully saturated rings. The molecule has 1 N–H and O–H groups in total. The fourth-order valence-electron chi connectivity index (χ4n) is 2.08. The maximum atomic E-state index is 12.4. The second-order valence-corrected chi connectivity index (χ2v) is 4.80. The van der Waals surface area contributed by atoms with Crippen molar-refractivity contribution in [2.45, 2.75) is 13.2 Å². The number of nitrogens with one attached hydrogen (secondary N) is 1. The van der Waals surface area contributed by atoms with Gasteiger partial charge in [0.15, 0.2) is 0 Å². The van der Waals surface area contributed by atoms with E-state index in [0.29, 0.717) is 0 Å². The van der Waals surface area contributed by atoms with E-state index in [0.717, 1.165) is 6.07 Å². The average Bonchev–Trinajstić information content (AvgIpc) is 2.59. The predicted octanol–water partition coefficient (Wildman–Crippen LogP) is 3.59. The fraction of sp³-hybridized carbons (Fsp3) is 0.188. The zero-order chi connectivity index (χ0) is 18.4. The Labute approximate surface area is 141 Å². The van der Waals surface area contributed by atoms with E-state index in [-0.39, 0.29) is 34.9 Å². The third kappa shape index (κ3) is 4.63. The quantitative estimate of drug-likeness (QED) is 0.465. The Morgan fingerprint density at radius 3 is 2.64 bits per heavy atom. The van der Waals surface area contributed by atoms with E-state index in [9.17, 15) is 23.7 Å². The van der Waals surface area contributed by atoms with E-state index in [1.165, 1.54) is 37.4 Å². The van der Waals surface area contributed by atoms with Gasteiger partial charge in [0, 0.05) is 18.7 Å². The molecule has 0 aromatic heterocycles. The maximum Gasteiger partial charge on any atom is 0.387 e. The number of para-hydroxylation sites is 1. The first-order chi connectivity index (χ1) is 11.9. The van der Waals surface area contributed by atoms with Gasteiger partial charge in [-0.1, -0.05) is 18.2 Å². The third-order valence-corrected chi connectivity index (χ3v) is 3.25. The summed E-state index contributed by atoms with van der Waals surface area (Å²) >= 11 is 0. The Morgan fingerprint density at radius 1 is 1.28 bits per heavy atom. The van der Waals surface area contributed by atoms with Crippen LogP contribution >= 0.6 is 0 Å². The number of anilines is 1. The molecule has 25 heavy (non-hydrogen) atoms. The van der Waals surface area contributed by atoms with E-state index in [1.54, 1.807) is 6.07 Å². The molecule has 2 aromatic rings. The largest absolute Gasteiger partial charge is 0.457 e. The highest BCUT2D eigenvalue weighted by atomic mass is 19.3. The topological polar surface area (TPSA) is 90.7 Å². The molecule has 0 heterocycles. The summed E-state index contributed by atoms with van der Waals surface area (Å²) in [6, 6.07) is 9.69. The summed E-state index contributed by atoms with van der Waals surface area (Å²) in [6.45, 7) is -3.32.